The number of rotatable bonds is 5. The first-order valence-corrected chi connectivity index (χ1v) is 7.20. The number of benzene rings is 1. The Labute approximate surface area is 117 Å². The molecule has 0 amide bonds. The van der Waals surface area contributed by atoms with Gasteiger partial charge in [-0.2, -0.15) is 0 Å². The van der Waals surface area contributed by atoms with Crippen molar-refractivity contribution in [2.24, 2.45) is 0 Å². The van der Waals surface area contributed by atoms with Crippen LogP contribution in [0.25, 0.3) is 11.3 Å². The van der Waals surface area contributed by atoms with Crippen molar-refractivity contribution in [1.29, 1.82) is 0 Å². The third kappa shape index (κ3) is 3.01. The molecular formula is C15H18N2OS. The molecule has 2 rings (SSSR count). The summed E-state index contributed by atoms with van der Waals surface area (Å²) in [4.78, 5) is 18.3. The fourth-order valence-electron chi connectivity index (χ4n) is 1.92. The van der Waals surface area contributed by atoms with Gasteiger partial charge < -0.3 is 4.90 Å². The maximum absolute atomic E-state index is 11.2. The van der Waals surface area contributed by atoms with Crippen LogP contribution < -0.4 is 4.90 Å². The number of anilines is 1. The zero-order valence-corrected chi connectivity index (χ0v) is 12.3. The van der Waals surface area contributed by atoms with Crippen LogP contribution in [-0.2, 0) is 6.42 Å². The first-order valence-electron chi connectivity index (χ1n) is 6.38. The molecule has 19 heavy (non-hydrogen) atoms. The molecule has 0 saturated carbocycles. The Bertz CT molecular complexity index is 558. The van der Waals surface area contributed by atoms with Crippen LogP contribution in [0, 0.1) is 0 Å². The van der Waals surface area contributed by atoms with Crippen molar-refractivity contribution in [2.45, 2.75) is 19.8 Å². The number of nitrogens with zero attached hydrogens (tertiary/aromatic N) is 2. The van der Waals surface area contributed by atoms with Gasteiger partial charge in [-0.15, -0.1) is 0 Å². The van der Waals surface area contributed by atoms with E-state index in [2.05, 4.69) is 24.0 Å². The first kappa shape index (κ1) is 13.7. The van der Waals surface area contributed by atoms with E-state index in [-0.39, 0.29) is 0 Å². The quantitative estimate of drug-likeness (QED) is 0.780. The van der Waals surface area contributed by atoms with Gasteiger partial charge in [0, 0.05) is 19.7 Å². The number of aryl methyl sites for hydroxylation is 1. The Morgan fingerprint density at radius 2 is 1.95 bits per heavy atom. The molecular weight excluding hydrogens is 256 g/mol. The van der Waals surface area contributed by atoms with Gasteiger partial charge in [-0.1, -0.05) is 48.9 Å². The van der Waals surface area contributed by atoms with Crippen LogP contribution in [0.4, 0.5) is 5.13 Å². The van der Waals surface area contributed by atoms with E-state index in [9.17, 15) is 4.79 Å². The summed E-state index contributed by atoms with van der Waals surface area (Å²) in [6, 6.07) is 8.32. The minimum atomic E-state index is 0.687. The Morgan fingerprint density at radius 3 is 2.47 bits per heavy atom. The number of carbonyl (C=O) groups is 1. The molecule has 0 N–H and O–H groups in total. The van der Waals surface area contributed by atoms with Crippen molar-refractivity contribution in [3.05, 3.63) is 34.7 Å². The topological polar surface area (TPSA) is 33.2 Å². The van der Waals surface area contributed by atoms with Gasteiger partial charge in [-0.25, -0.2) is 4.98 Å². The highest BCUT2D eigenvalue weighted by Crippen LogP contribution is 2.31. The van der Waals surface area contributed by atoms with Gasteiger partial charge in [0.1, 0.15) is 0 Å². The highest BCUT2D eigenvalue weighted by molar-refractivity contribution is 7.17. The second-order valence-corrected chi connectivity index (χ2v) is 5.68. The van der Waals surface area contributed by atoms with Gasteiger partial charge in [-0.05, 0) is 12.0 Å². The predicted octanol–water partition coefficient (Wildman–Crippen LogP) is 3.64. The summed E-state index contributed by atoms with van der Waals surface area (Å²) >= 11 is 1.42. The SMILES string of the molecule is CCCc1ccc(-c2nc(N(C)C)sc2C=O)cc1. The number of carbonyl (C=O) groups excluding carboxylic acids is 1. The maximum atomic E-state index is 11.2. The lowest BCUT2D eigenvalue weighted by molar-refractivity contribution is 0.112. The predicted molar refractivity (Wildman–Crippen MR) is 81.3 cm³/mol. The fourth-order valence-corrected chi connectivity index (χ4v) is 2.74. The molecule has 0 atom stereocenters. The van der Waals surface area contributed by atoms with E-state index in [4.69, 9.17) is 0 Å². The van der Waals surface area contributed by atoms with Crippen molar-refractivity contribution < 1.29 is 4.79 Å². The Morgan fingerprint density at radius 1 is 1.26 bits per heavy atom. The molecule has 0 fully saturated rings. The molecule has 3 nitrogen and oxygen atoms in total. The molecule has 0 radical (unpaired) electrons. The molecule has 1 heterocycles. The van der Waals surface area contributed by atoms with Gasteiger partial charge in [0.05, 0.1) is 10.6 Å². The average Bonchev–Trinajstić information content (AvgIpc) is 2.84. The van der Waals surface area contributed by atoms with Crippen LogP contribution in [-0.4, -0.2) is 25.4 Å². The van der Waals surface area contributed by atoms with Gasteiger partial charge in [0.2, 0.25) is 0 Å². The van der Waals surface area contributed by atoms with Gasteiger partial charge in [0.15, 0.2) is 11.4 Å². The second kappa shape index (κ2) is 5.97. The minimum absolute atomic E-state index is 0.687. The summed E-state index contributed by atoms with van der Waals surface area (Å²) in [5.74, 6) is 0. The zero-order chi connectivity index (χ0) is 13.8. The molecule has 1 aromatic carbocycles. The van der Waals surface area contributed by atoms with E-state index in [1.54, 1.807) is 0 Å². The average molecular weight is 274 g/mol. The van der Waals surface area contributed by atoms with Gasteiger partial charge in [-0.3, -0.25) is 4.79 Å². The Kier molecular flexibility index (Phi) is 4.32. The molecule has 2 aromatic rings. The van der Waals surface area contributed by atoms with E-state index in [0.29, 0.717) is 4.88 Å². The highest BCUT2D eigenvalue weighted by atomic mass is 32.1. The van der Waals surface area contributed by atoms with Crippen LogP contribution in [0.5, 0.6) is 0 Å². The minimum Gasteiger partial charge on any atom is -0.354 e. The Hall–Kier alpha value is -1.68. The third-order valence-corrected chi connectivity index (χ3v) is 4.05. The summed E-state index contributed by atoms with van der Waals surface area (Å²) in [5.41, 5.74) is 3.11. The maximum Gasteiger partial charge on any atom is 0.186 e. The number of thiazole rings is 1. The molecule has 0 aliphatic heterocycles. The lowest BCUT2D eigenvalue weighted by Gasteiger charge is -2.05. The summed E-state index contributed by atoms with van der Waals surface area (Å²) in [6.07, 6.45) is 3.11. The molecule has 0 aliphatic rings. The van der Waals surface area contributed by atoms with E-state index >= 15 is 0 Å². The summed E-state index contributed by atoms with van der Waals surface area (Å²) < 4.78 is 0. The number of aldehydes is 1. The van der Waals surface area contributed by atoms with Gasteiger partial charge >= 0.3 is 0 Å². The van der Waals surface area contributed by atoms with E-state index in [1.807, 2.05) is 31.1 Å². The number of aromatic nitrogens is 1. The van der Waals surface area contributed by atoms with Crippen molar-refractivity contribution in [2.75, 3.05) is 19.0 Å². The zero-order valence-electron chi connectivity index (χ0n) is 11.5. The summed E-state index contributed by atoms with van der Waals surface area (Å²) in [6.45, 7) is 2.17. The normalized spacial score (nSPS) is 10.5. The largest absolute Gasteiger partial charge is 0.354 e. The molecule has 100 valence electrons. The first-order chi connectivity index (χ1) is 9.15. The van der Waals surface area contributed by atoms with Crippen molar-refractivity contribution in [1.82, 2.24) is 4.98 Å². The standard InChI is InChI=1S/C15H18N2OS/c1-4-5-11-6-8-12(9-7-11)14-13(10-18)19-15(16-14)17(2)3/h6-10H,4-5H2,1-3H3. The molecule has 0 spiro atoms. The van der Waals surface area contributed by atoms with Crippen LogP contribution in [0.1, 0.15) is 28.6 Å². The molecule has 0 aliphatic carbocycles. The van der Waals surface area contributed by atoms with E-state index < -0.39 is 0 Å². The molecule has 1 aromatic heterocycles. The number of hydrogen-bond acceptors (Lipinski definition) is 4. The van der Waals surface area contributed by atoms with E-state index in [1.165, 1.54) is 16.9 Å². The smallest absolute Gasteiger partial charge is 0.186 e. The summed E-state index contributed by atoms with van der Waals surface area (Å²) in [5, 5.41) is 0.856. The lowest BCUT2D eigenvalue weighted by atomic mass is 10.1. The van der Waals surface area contributed by atoms with Crippen LogP contribution >= 0.6 is 11.3 Å². The third-order valence-electron chi connectivity index (χ3n) is 2.90. The van der Waals surface area contributed by atoms with Crippen molar-refractivity contribution in [3.63, 3.8) is 0 Å². The van der Waals surface area contributed by atoms with Crippen LogP contribution in [0.2, 0.25) is 0 Å². The molecule has 4 heteroatoms. The van der Waals surface area contributed by atoms with Gasteiger partial charge in [0.25, 0.3) is 0 Å². The number of hydrogen-bond donors (Lipinski definition) is 0. The fraction of sp³-hybridized carbons (Fsp3) is 0.333. The highest BCUT2D eigenvalue weighted by Gasteiger charge is 2.13. The van der Waals surface area contributed by atoms with Crippen molar-refractivity contribution in [3.8, 4) is 11.3 Å². The van der Waals surface area contributed by atoms with E-state index in [0.717, 1.165) is 35.5 Å². The van der Waals surface area contributed by atoms with Crippen LogP contribution in [0.15, 0.2) is 24.3 Å². The van der Waals surface area contributed by atoms with Crippen LogP contribution in [0.3, 0.4) is 0 Å². The molecule has 0 saturated heterocycles. The van der Waals surface area contributed by atoms with Crippen molar-refractivity contribution >= 4 is 22.8 Å². The summed E-state index contributed by atoms with van der Waals surface area (Å²) in [7, 11) is 3.86. The molecule has 0 unspecified atom stereocenters. The lowest BCUT2D eigenvalue weighted by Crippen LogP contribution is -2.07. The molecule has 0 bridgehead atoms. The Balaban J connectivity index is 2.37. The monoisotopic (exact) mass is 274 g/mol. The second-order valence-electron chi connectivity index (χ2n) is 4.67.